The lowest BCUT2D eigenvalue weighted by Crippen LogP contribution is -2.47. The first-order valence-electron chi connectivity index (χ1n) is 15.9. The van der Waals surface area contributed by atoms with Crippen LogP contribution in [0.15, 0.2) is 18.3 Å². The topological polar surface area (TPSA) is 101 Å². The summed E-state index contributed by atoms with van der Waals surface area (Å²) >= 11 is 0. The predicted octanol–water partition coefficient (Wildman–Crippen LogP) is 6.65. The van der Waals surface area contributed by atoms with Crippen molar-refractivity contribution in [1.29, 1.82) is 0 Å². The highest BCUT2D eigenvalue weighted by Crippen LogP contribution is 2.16. The predicted molar refractivity (Wildman–Crippen MR) is 162 cm³/mol. The molecule has 0 radical (unpaired) electrons. The van der Waals surface area contributed by atoms with E-state index in [2.05, 4.69) is 38.8 Å². The van der Waals surface area contributed by atoms with E-state index in [1.54, 1.807) is 6.20 Å². The van der Waals surface area contributed by atoms with Gasteiger partial charge in [-0.25, -0.2) is 4.98 Å². The molecule has 2 heterocycles. The maximum absolute atomic E-state index is 12.5. The summed E-state index contributed by atoms with van der Waals surface area (Å²) in [5, 5.41) is 12.4. The molecular weight excluding hydrogens is 506 g/mol. The molecule has 1 aromatic rings. The van der Waals surface area contributed by atoms with Crippen LogP contribution in [0.2, 0.25) is 0 Å². The number of nitrogens with zero attached hydrogens (tertiary/aromatic N) is 4. The Morgan fingerprint density at radius 3 is 1.88 bits per heavy atom. The Morgan fingerprint density at radius 2 is 1.40 bits per heavy atom. The number of anilines is 1. The van der Waals surface area contributed by atoms with Gasteiger partial charge in [0, 0.05) is 45.5 Å². The molecule has 0 unspecified atom stereocenters. The first-order valence-corrected chi connectivity index (χ1v) is 15.9. The van der Waals surface area contributed by atoms with E-state index in [0.29, 0.717) is 11.5 Å². The van der Waals surface area contributed by atoms with Crippen molar-refractivity contribution in [3.63, 3.8) is 0 Å². The van der Waals surface area contributed by atoms with Crippen LogP contribution in [0.4, 0.5) is 5.82 Å². The lowest BCUT2D eigenvalue weighted by Gasteiger charge is -2.36. The molecule has 0 aromatic carbocycles. The molecule has 0 saturated carbocycles. The lowest BCUT2D eigenvalue weighted by atomic mass is 10.0. The van der Waals surface area contributed by atoms with Gasteiger partial charge in [-0.15, -0.1) is 10.1 Å². The fourth-order valence-electron chi connectivity index (χ4n) is 5.35. The molecule has 1 N–H and O–H groups in total. The van der Waals surface area contributed by atoms with Gasteiger partial charge in [0.25, 0.3) is 11.0 Å². The molecule has 0 spiro atoms. The summed E-state index contributed by atoms with van der Waals surface area (Å²) in [6.45, 7) is 10.8. The third-order valence-corrected chi connectivity index (χ3v) is 7.63. The summed E-state index contributed by atoms with van der Waals surface area (Å²) < 4.78 is 0. The largest absolute Gasteiger partial charge is 0.354 e. The van der Waals surface area contributed by atoms with E-state index in [0.717, 1.165) is 70.8 Å². The molecule has 1 fully saturated rings. The van der Waals surface area contributed by atoms with Gasteiger partial charge in [-0.3, -0.25) is 9.69 Å². The number of carbonyl (C=O) groups excluding carboxylic acids is 1. The number of amides is 1. The molecule has 1 saturated heterocycles. The van der Waals surface area contributed by atoms with Gasteiger partial charge in [-0.2, -0.15) is 0 Å². The van der Waals surface area contributed by atoms with Crippen LogP contribution in [0.3, 0.4) is 0 Å². The Morgan fingerprint density at radius 1 is 0.875 bits per heavy atom. The molecule has 0 bridgehead atoms. The normalized spacial score (nSPS) is 14.0. The molecule has 40 heavy (non-hydrogen) atoms. The fraction of sp³-hybridized carbons (Fsp3) is 0.806. The minimum atomic E-state index is -0.711. The van der Waals surface area contributed by atoms with E-state index in [-0.39, 0.29) is 12.5 Å². The Balaban J connectivity index is 1.37. The molecule has 0 atom stereocenters. The van der Waals surface area contributed by atoms with Crippen molar-refractivity contribution in [2.75, 3.05) is 50.8 Å². The van der Waals surface area contributed by atoms with Crippen molar-refractivity contribution in [3.8, 4) is 0 Å². The second kappa shape index (κ2) is 21.3. The van der Waals surface area contributed by atoms with Gasteiger partial charge >= 0.3 is 0 Å². The SMILES string of the molecule is CC(C)CN1CCN(c2ccc(C(=O)NCCCCCCCCCCCCCCCCCO[N+](=O)[O-])cn2)CC1. The Kier molecular flexibility index (Phi) is 18.0. The second-order valence-electron chi connectivity index (χ2n) is 11.7. The summed E-state index contributed by atoms with van der Waals surface area (Å²) in [7, 11) is 0. The molecule has 1 aliphatic rings. The number of unbranched alkanes of at least 4 members (excludes halogenated alkanes) is 14. The van der Waals surface area contributed by atoms with Crippen LogP contribution in [0.25, 0.3) is 0 Å². The lowest BCUT2D eigenvalue weighted by molar-refractivity contribution is -0.757. The number of carbonyl (C=O) groups is 1. The Bertz CT molecular complexity index is 797. The summed E-state index contributed by atoms with van der Waals surface area (Å²) in [6, 6.07) is 3.88. The average molecular weight is 562 g/mol. The summed E-state index contributed by atoms with van der Waals surface area (Å²) in [5.41, 5.74) is 0.641. The van der Waals surface area contributed by atoms with E-state index in [1.807, 2.05) is 12.1 Å². The van der Waals surface area contributed by atoms with Gasteiger partial charge in [0.05, 0.1) is 12.2 Å². The van der Waals surface area contributed by atoms with Gasteiger partial charge in [0.15, 0.2) is 0 Å². The number of hydrogen-bond donors (Lipinski definition) is 1. The van der Waals surface area contributed by atoms with Crippen LogP contribution < -0.4 is 10.2 Å². The van der Waals surface area contributed by atoms with Crippen LogP contribution in [0.5, 0.6) is 0 Å². The van der Waals surface area contributed by atoms with Gasteiger partial charge in [-0.1, -0.05) is 97.3 Å². The first-order chi connectivity index (χ1) is 19.5. The molecule has 1 aromatic heterocycles. The molecule has 228 valence electrons. The van der Waals surface area contributed by atoms with Gasteiger partial charge < -0.3 is 15.1 Å². The number of pyridine rings is 1. The van der Waals surface area contributed by atoms with Crippen molar-refractivity contribution in [1.82, 2.24) is 15.2 Å². The van der Waals surface area contributed by atoms with E-state index in [1.165, 1.54) is 70.6 Å². The number of rotatable bonds is 23. The van der Waals surface area contributed by atoms with Crippen molar-refractivity contribution in [2.45, 2.75) is 110 Å². The molecule has 0 aliphatic carbocycles. The molecule has 2 rings (SSSR count). The van der Waals surface area contributed by atoms with Crippen molar-refractivity contribution in [2.24, 2.45) is 5.92 Å². The van der Waals surface area contributed by atoms with Gasteiger partial charge in [0.2, 0.25) is 0 Å². The molecule has 1 amide bonds. The summed E-state index contributed by atoms with van der Waals surface area (Å²) in [5.74, 6) is 1.64. The smallest absolute Gasteiger partial charge is 0.294 e. The van der Waals surface area contributed by atoms with E-state index in [9.17, 15) is 14.9 Å². The highest BCUT2D eigenvalue weighted by Gasteiger charge is 2.18. The van der Waals surface area contributed by atoms with Crippen LogP contribution in [-0.4, -0.2) is 66.8 Å². The molecule has 9 heteroatoms. The van der Waals surface area contributed by atoms with Crippen molar-refractivity contribution >= 4 is 11.7 Å². The minimum absolute atomic E-state index is 0.0249. The minimum Gasteiger partial charge on any atom is -0.354 e. The van der Waals surface area contributed by atoms with Gasteiger partial charge in [0.1, 0.15) is 5.82 Å². The van der Waals surface area contributed by atoms with E-state index < -0.39 is 5.09 Å². The average Bonchev–Trinajstić information content (AvgIpc) is 2.94. The zero-order chi connectivity index (χ0) is 28.8. The molecule has 9 nitrogen and oxygen atoms in total. The molecular formula is C31H55N5O4. The van der Waals surface area contributed by atoms with Crippen molar-refractivity contribution in [3.05, 3.63) is 34.0 Å². The maximum Gasteiger partial charge on any atom is 0.294 e. The van der Waals surface area contributed by atoms with E-state index >= 15 is 0 Å². The maximum atomic E-state index is 12.5. The van der Waals surface area contributed by atoms with E-state index in [4.69, 9.17) is 0 Å². The third kappa shape index (κ3) is 16.0. The number of piperazine rings is 1. The number of aromatic nitrogens is 1. The van der Waals surface area contributed by atoms with Crippen LogP contribution in [0.1, 0.15) is 121 Å². The summed E-state index contributed by atoms with van der Waals surface area (Å²) in [6.07, 6.45) is 19.8. The van der Waals surface area contributed by atoms with Gasteiger partial charge in [-0.05, 0) is 30.9 Å². The first kappa shape index (κ1) is 33.8. The second-order valence-corrected chi connectivity index (χ2v) is 11.7. The Hall–Kier alpha value is -2.42. The zero-order valence-electron chi connectivity index (χ0n) is 25.3. The van der Waals surface area contributed by atoms with Crippen LogP contribution >= 0.6 is 0 Å². The standard InChI is InChI=1S/C31H55N5O4/c1-28(2)27-34-21-23-35(24-22-34)30-19-18-29(26-33-30)31(37)32-20-16-14-12-10-8-6-4-3-5-7-9-11-13-15-17-25-40-36(38)39/h18-19,26,28H,3-17,20-25,27H2,1-2H3,(H,32,37). The molecule has 1 aliphatic heterocycles. The Labute approximate surface area is 242 Å². The number of hydrogen-bond acceptors (Lipinski definition) is 7. The summed E-state index contributed by atoms with van der Waals surface area (Å²) in [4.78, 5) is 36.3. The monoisotopic (exact) mass is 561 g/mol. The van der Waals surface area contributed by atoms with Crippen LogP contribution in [0, 0.1) is 16.0 Å². The quantitative estimate of drug-likeness (QED) is 0.0907. The zero-order valence-corrected chi connectivity index (χ0v) is 25.3. The highest BCUT2D eigenvalue weighted by molar-refractivity contribution is 5.94. The van der Waals surface area contributed by atoms with Crippen LogP contribution in [-0.2, 0) is 4.84 Å². The third-order valence-electron chi connectivity index (χ3n) is 7.63. The van der Waals surface area contributed by atoms with Crippen molar-refractivity contribution < 1.29 is 14.7 Å². The number of nitrogens with one attached hydrogen (secondary N) is 1. The highest BCUT2D eigenvalue weighted by atomic mass is 16.9. The fourth-order valence-corrected chi connectivity index (χ4v) is 5.35.